The van der Waals surface area contributed by atoms with Gasteiger partial charge in [0.05, 0.1) is 37.6 Å². The molecule has 0 fully saturated rings. The van der Waals surface area contributed by atoms with Crippen LogP contribution in [-0.4, -0.2) is 66.7 Å². The first-order valence-electron chi connectivity index (χ1n) is 17.0. The number of nitrogens with zero attached hydrogens (tertiary/aromatic N) is 1. The number of rotatable bonds is 18. The molecule has 3 aromatic carbocycles. The van der Waals surface area contributed by atoms with Gasteiger partial charge in [0.2, 0.25) is 0 Å². The number of imide groups is 1. The van der Waals surface area contributed by atoms with E-state index in [0.29, 0.717) is 49.7 Å². The highest BCUT2D eigenvalue weighted by Gasteiger charge is 2.27. The van der Waals surface area contributed by atoms with Crippen molar-refractivity contribution < 1.29 is 43.2 Å². The molecule has 262 valence electrons. The lowest BCUT2D eigenvalue weighted by atomic mass is 9.99. The number of aliphatic hydroxyl groups excluding tert-OH is 1. The van der Waals surface area contributed by atoms with E-state index in [1.807, 2.05) is 49.4 Å². The summed E-state index contributed by atoms with van der Waals surface area (Å²) >= 11 is 0. The van der Waals surface area contributed by atoms with Crippen LogP contribution >= 0.6 is 0 Å². The maximum absolute atomic E-state index is 13.2. The van der Waals surface area contributed by atoms with Crippen LogP contribution in [0.5, 0.6) is 17.2 Å². The highest BCUT2D eigenvalue weighted by Crippen LogP contribution is 2.47. The van der Waals surface area contributed by atoms with Crippen LogP contribution in [0.3, 0.4) is 0 Å². The standard InChI is InChI=1S/C40H43NO9/c1-26-22-29(47-19-7-5-4-6-18-41-37(43)16-17-38(41)44)10-13-32(26)40(46)50-31-12-15-34-33-14-11-30(23-35(33)28(3)36(34)24-31)48-20-8-9-21-49-39(45)27(2)25-42/h10-17,22-24,28,42H,2,4-9,18-21,25H2,1,3H3. The first kappa shape index (κ1) is 36.1. The molecule has 0 aromatic heterocycles. The van der Waals surface area contributed by atoms with Crippen molar-refractivity contribution in [3.05, 3.63) is 101 Å². The number of carbonyl (C=O) groups excluding carboxylic acids is 4. The van der Waals surface area contributed by atoms with E-state index in [2.05, 4.69) is 13.5 Å². The van der Waals surface area contributed by atoms with Crippen molar-refractivity contribution in [3.8, 4) is 28.4 Å². The largest absolute Gasteiger partial charge is 0.494 e. The Morgan fingerprint density at radius 3 is 1.98 bits per heavy atom. The van der Waals surface area contributed by atoms with Gasteiger partial charge in [-0.25, -0.2) is 9.59 Å². The van der Waals surface area contributed by atoms with Crippen LogP contribution in [0.2, 0.25) is 0 Å². The topological polar surface area (TPSA) is 129 Å². The lowest BCUT2D eigenvalue weighted by Gasteiger charge is -2.13. The van der Waals surface area contributed by atoms with Gasteiger partial charge in [0.1, 0.15) is 17.2 Å². The number of aryl methyl sites for hydroxylation is 1. The second-order valence-electron chi connectivity index (χ2n) is 12.5. The van der Waals surface area contributed by atoms with Gasteiger partial charge >= 0.3 is 11.9 Å². The zero-order chi connectivity index (χ0) is 35.6. The number of esters is 2. The minimum absolute atomic E-state index is 0.0383. The van der Waals surface area contributed by atoms with Crippen LogP contribution in [0.1, 0.15) is 78.4 Å². The molecule has 50 heavy (non-hydrogen) atoms. The Morgan fingerprint density at radius 2 is 1.32 bits per heavy atom. The third-order valence-corrected chi connectivity index (χ3v) is 8.86. The fourth-order valence-corrected chi connectivity index (χ4v) is 6.02. The third-order valence-electron chi connectivity index (χ3n) is 8.86. The van der Waals surface area contributed by atoms with Crippen molar-refractivity contribution in [3.63, 3.8) is 0 Å². The summed E-state index contributed by atoms with van der Waals surface area (Å²) in [5, 5.41) is 8.93. The molecule has 5 rings (SSSR count). The molecule has 1 aliphatic carbocycles. The molecule has 1 heterocycles. The van der Waals surface area contributed by atoms with Crippen LogP contribution < -0.4 is 14.2 Å². The first-order valence-corrected chi connectivity index (χ1v) is 17.0. The van der Waals surface area contributed by atoms with Gasteiger partial charge in [0, 0.05) is 24.6 Å². The van der Waals surface area contributed by atoms with Crippen LogP contribution in [-0.2, 0) is 19.1 Å². The van der Waals surface area contributed by atoms with E-state index >= 15 is 0 Å². The molecule has 1 aliphatic heterocycles. The lowest BCUT2D eigenvalue weighted by molar-refractivity contribution is -0.140. The quantitative estimate of drug-likeness (QED) is 0.0529. The highest BCUT2D eigenvalue weighted by molar-refractivity contribution is 6.12. The molecule has 0 spiro atoms. The van der Waals surface area contributed by atoms with Gasteiger partial charge < -0.3 is 24.1 Å². The van der Waals surface area contributed by atoms with Crippen molar-refractivity contribution in [2.75, 3.05) is 33.0 Å². The van der Waals surface area contributed by atoms with Gasteiger partial charge in [0.15, 0.2) is 0 Å². The van der Waals surface area contributed by atoms with Crippen molar-refractivity contribution in [1.29, 1.82) is 0 Å². The van der Waals surface area contributed by atoms with E-state index in [-0.39, 0.29) is 29.9 Å². The predicted molar refractivity (Wildman–Crippen MR) is 187 cm³/mol. The lowest BCUT2D eigenvalue weighted by Crippen LogP contribution is -2.30. The molecule has 1 atom stereocenters. The minimum Gasteiger partial charge on any atom is -0.494 e. The van der Waals surface area contributed by atoms with E-state index < -0.39 is 18.5 Å². The fraction of sp³-hybridized carbons (Fsp3) is 0.350. The molecule has 1 N–H and O–H groups in total. The first-order chi connectivity index (χ1) is 24.2. The number of hydrogen-bond donors (Lipinski definition) is 1. The van der Waals surface area contributed by atoms with Crippen molar-refractivity contribution in [2.24, 2.45) is 0 Å². The van der Waals surface area contributed by atoms with Crippen LogP contribution in [0.25, 0.3) is 11.1 Å². The Hall–Kier alpha value is -5.22. The normalized spacial score (nSPS) is 14.4. The minimum atomic E-state index is -0.585. The Morgan fingerprint density at radius 1 is 0.760 bits per heavy atom. The summed E-state index contributed by atoms with van der Waals surface area (Å²) in [7, 11) is 0. The molecule has 3 aromatic rings. The molecule has 2 aliphatic rings. The molecule has 0 radical (unpaired) electrons. The Kier molecular flexibility index (Phi) is 12.2. The molecule has 10 heteroatoms. The summed E-state index contributed by atoms with van der Waals surface area (Å²) in [5.41, 5.74) is 5.68. The number of amides is 2. The molecular weight excluding hydrogens is 638 g/mol. The highest BCUT2D eigenvalue weighted by atomic mass is 16.5. The van der Waals surface area contributed by atoms with Crippen molar-refractivity contribution >= 4 is 23.8 Å². The van der Waals surface area contributed by atoms with Gasteiger partial charge in [-0.2, -0.15) is 0 Å². The van der Waals surface area contributed by atoms with E-state index in [4.69, 9.17) is 24.1 Å². The average molecular weight is 682 g/mol. The zero-order valence-electron chi connectivity index (χ0n) is 28.6. The van der Waals surface area contributed by atoms with Gasteiger partial charge in [-0.3, -0.25) is 14.5 Å². The summed E-state index contributed by atoms with van der Waals surface area (Å²) in [6.07, 6.45) is 7.34. The van der Waals surface area contributed by atoms with Crippen molar-refractivity contribution in [2.45, 2.75) is 58.3 Å². The Balaban J connectivity index is 1.06. The van der Waals surface area contributed by atoms with E-state index in [0.717, 1.165) is 59.3 Å². The molecule has 10 nitrogen and oxygen atoms in total. The van der Waals surface area contributed by atoms with Crippen LogP contribution in [0.15, 0.2) is 78.9 Å². The monoisotopic (exact) mass is 681 g/mol. The van der Waals surface area contributed by atoms with Gasteiger partial charge in [-0.05, 0) is 103 Å². The summed E-state index contributed by atoms with van der Waals surface area (Å²) < 4.78 is 22.7. The van der Waals surface area contributed by atoms with Gasteiger partial charge in [-0.1, -0.05) is 38.5 Å². The maximum atomic E-state index is 13.2. The molecule has 0 saturated heterocycles. The fourth-order valence-electron chi connectivity index (χ4n) is 6.02. The van der Waals surface area contributed by atoms with Crippen LogP contribution in [0.4, 0.5) is 0 Å². The van der Waals surface area contributed by atoms with Gasteiger partial charge in [0.25, 0.3) is 11.8 Å². The number of hydrogen-bond acceptors (Lipinski definition) is 9. The molecule has 2 amide bonds. The second-order valence-corrected chi connectivity index (χ2v) is 12.5. The molecular formula is C40H43NO9. The molecule has 1 unspecified atom stereocenters. The third kappa shape index (κ3) is 8.87. The summed E-state index contributed by atoms with van der Waals surface area (Å²) in [5.74, 6) is 0.477. The van der Waals surface area contributed by atoms with E-state index in [1.54, 1.807) is 12.1 Å². The number of unbranched alkanes of at least 4 members (excludes halogenated alkanes) is 4. The predicted octanol–water partition coefficient (Wildman–Crippen LogP) is 6.46. The SMILES string of the molecule is C=C(CO)C(=O)OCCCCOc1ccc2c(c1)C(C)c1cc(OC(=O)c3ccc(OCCCCCCN4C(=O)C=CC4=O)cc3C)ccc1-2. The van der Waals surface area contributed by atoms with E-state index in [1.165, 1.54) is 17.1 Å². The summed E-state index contributed by atoms with van der Waals surface area (Å²) in [6.45, 7) is 8.68. The van der Waals surface area contributed by atoms with Crippen molar-refractivity contribution in [1.82, 2.24) is 4.90 Å². The smallest absolute Gasteiger partial charge is 0.343 e. The number of fused-ring (bicyclic) bond motifs is 3. The Labute approximate surface area is 292 Å². The maximum Gasteiger partial charge on any atom is 0.343 e. The molecule has 0 bridgehead atoms. The number of benzene rings is 3. The van der Waals surface area contributed by atoms with Crippen LogP contribution in [0, 0.1) is 6.92 Å². The number of aliphatic hydroxyl groups is 1. The Bertz CT molecular complexity index is 1780. The van der Waals surface area contributed by atoms with Gasteiger partial charge in [-0.15, -0.1) is 0 Å². The average Bonchev–Trinajstić information content (AvgIpc) is 3.58. The molecule has 0 saturated carbocycles. The second kappa shape index (κ2) is 16.9. The number of carbonyl (C=O) groups is 4. The van der Waals surface area contributed by atoms with E-state index in [9.17, 15) is 19.2 Å². The summed E-state index contributed by atoms with van der Waals surface area (Å²) in [6, 6.07) is 17.1. The number of ether oxygens (including phenoxy) is 4. The zero-order valence-corrected chi connectivity index (χ0v) is 28.6. The summed E-state index contributed by atoms with van der Waals surface area (Å²) in [4.78, 5) is 49.2.